The minimum absolute atomic E-state index is 0.0457. The van der Waals surface area contributed by atoms with Crippen molar-refractivity contribution >= 4 is 17.6 Å². The largest absolute Gasteiger partial charge is 0.481 e. The summed E-state index contributed by atoms with van der Waals surface area (Å²) in [4.78, 5) is 24.2. The van der Waals surface area contributed by atoms with Gasteiger partial charge in [-0.05, 0) is 34.7 Å². The summed E-state index contributed by atoms with van der Waals surface area (Å²) in [7, 11) is 0. The summed E-state index contributed by atoms with van der Waals surface area (Å²) in [6.45, 7) is 0.207. The molecule has 0 saturated carbocycles. The molecule has 8 nitrogen and oxygen atoms in total. The van der Waals surface area contributed by atoms with Crippen LogP contribution in [0.2, 0.25) is 0 Å². The molecule has 0 bridgehead atoms. The number of aromatic nitrogens is 4. The second kappa shape index (κ2) is 4.72. The molecule has 102 valence electrons. The van der Waals surface area contributed by atoms with E-state index in [0.717, 1.165) is 5.69 Å². The maximum absolute atomic E-state index is 11.8. The first kappa shape index (κ1) is 12.3. The zero-order valence-corrected chi connectivity index (χ0v) is 10.4. The SMILES string of the molecule is O=C(O)[C@@H]1CC(=O)N(c2ccc(-n3cnnn3)cc2)C1. The number of aliphatic carboxylic acids is 1. The fraction of sp³-hybridized carbons (Fsp3) is 0.250. The van der Waals surface area contributed by atoms with Gasteiger partial charge in [-0.3, -0.25) is 9.59 Å². The maximum atomic E-state index is 11.8. The number of rotatable bonds is 3. The lowest BCUT2D eigenvalue weighted by atomic mass is 10.1. The molecule has 0 radical (unpaired) electrons. The summed E-state index contributed by atoms with van der Waals surface area (Å²) >= 11 is 0. The first-order chi connectivity index (χ1) is 9.65. The van der Waals surface area contributed by atoms with Gasteiger partial charge in [0.15, 0.2) is 0 Å². The molecule has 1 aliphatic rings. The Morgan fingerprint density at radius 2 is 1.95 bits per heavy atom. The first-order valence-corrected chi connectivity index (χ1v) is 6.02. The molecule has 1 amide bonds. The normalized spacial score (nSPS) is 18.5. The van der Waals surface area contributed by atoms with E-state index in [-0.39, 0.29) is 18.9 Å². The van der Waals surface area contributed by atoms with Gasteiger partial charge in [0.2, 0.25) is 5.91 Å². The Labute approximate surface area is 113 Å². The highest BCUT2D eigenvalue weighted by atomic mass is 16.4. The number of nitrogens with zero attached hydrogens (tertiary/aromatic N) is 5. The third-order valence-corrected chi connectivity index (χ3v) is 3.25. The number of amides is 1. The summed E-state index contributed by atoms with van der Waals surface area (Å²) < 4.78 is 1.50. The monoisotopic (exact) mass is 273 g/mol. The summed E-state index contributed by atoms with van der Waals surface area (Å²) in [5, 5.41) is 19.8. The van der Waals surface area contributed by atoms with E-state index in [1.165, 1.54) is 15.9 Å². The zero-order chi connectivity index (χ0) is 14.1. The van der Waals surface area contributed by atoms with Gasteiger partial charge in [-0.1, -0.05) is 0 Å². The Morgan fingerprint density at radius 1 is 1.25 bits per heavy atom. The van der Waals surface area contributed by atoms with Gasteiger partial charge >= 0.3 is 5.97 Å². The highest BCUT2D eigenvalue weighted by Crippen LogP contribution is 2.25. The number of tetrazole rings is 1. The molecule has 1 N–H and O–H groups in total. The Kier molecular flexibility index (Phi) is 2.90. The van der Waals surface area contributed by atoms with Gasteiger partial charge in [0.05, 0.1) is 11.6 Å². The number of anilines is 1. The molecule has 1 fully saturated rings. The Balaban J connectivity index is 1.82. The van der Waals surface area contributed by atoms with E-state index in [1.54, 1.807) is 24.3 Å². The van der Waals surface area contributed by atoms with Gasteiger partial charge in [0.25, 0.3) is 0 Å². The molecule has 1 aliphatic heterocycles. The van der Waals surface area contributed by atoms with E-state index < -0.39 is 11.9 Å². The lowest BCUT2D eigenvalue weighted by Crippen LogP contribution is -2.25. The minimum atomic E-state index is -0.939. The van der Waals surface area contributed by atoms with Gasteiger partial charge in [-0.25, -0.2) is 4.68 Å². The van der Waals surface area contributed by atoms with E-state index >= 15 is 0 Å². The van der Waals surface area contributed by atoms with Crippen LogP contribution in [0.5, 0.6) is 0 Å². The van der Waals surface area contributed by atoms with Crippen LogP contribution in [0.4, 0.5) is 5.69 Å². The van der Waals surface area contributed by atoms with Crippen LogP contribution in [0.15, 0.2) is 30.6 Å². The van der Waals surface area contributed by atoms with E-state index in [2.05, 4.69) is 15.5 Å². The third-order valence-electron chi connectivity index (χ3n) is 3.25. The smallest absolute Gasteiger partial charge is 0.308 e. The summed E-state index contributed by atoms with van der Waals surface area (Å²) in [6, 6.07) is 7.04. The molecule has 0 aliphatic carbocycles. The standard InChI is InChI=1S/C12H11N5O3/c18-11-5-8(12(19)20)6-16(11)9-1-3-10(4-2-9)17-7-13-14-15-17/h1-4,7-8H,5-6H2,(H,19,20)/t8-/m1/s1. The van der Waals surface area contributed by atoms with Gasteiger partial charge in [0, 0.05) is 18.7 Å². The molecular formula is C12H11N5O3. The Bertz CT molecular complexity index is 638. The molecule has 0 spiro atoms. The second-order valence-electron chi connectivity index (χ2n) is 4.51. The molecule has 1 aromatic heterocycles. The van der Waals surface area contributed by atoms with Crippen LogP contribution in [0.3, 0.4) is 0 Å². The number of hydrogen-bond acceptors (Lipinski definition) is 5. The molecule has 1 saturated heterocycles. The summed E-state index contributed by atoms with van der Waals surface area (Å²) in [5.41, 5.74) is 1.44. The molecule has 2 heterocycles. The minimum Gasteiger partial charge on any atom is -0.481 e. The van der Waals surface area contributed by atoms with E-state index in [9.17, 15) is 9.59 Å². The van der Waals surface area contributed by atoms with E-state index in [0.29, 0.717) is 5.69 Å². The molecular weight excluding hydrogens is 262 g/mol. The van der Waals surface area contributed by atoms with Gasteiger partial charge in [-0.15, -0.1) is 5.10 Å². The van der Waals surface area contributed by atoms with Crippen molar-refractivity contribution in [2.45, 2.75) is 6.42 Å². The number of hydrogen-bond donors (Lipinski definition) is 1. The number of carbonyl (C=O) groups is 2. The molecule has 3 rings (SSSR count). The first-order valence-electron chi connectivity index (χ1n) is 6.02. The lowest BCUT2D eigenvalue weighted by Gasteiger charge is -2.16. The molecule has 1 atom stereocenters. The molecule has 0 unspecified atom stereocenters. The lowest BCUT2D eigenvalue weighted by molar-refractivity contribution is -0.141. The van der Waals surface area contributed by atoms with Crippen LogP contribution >= 0.6 is 0 Å². The maximum Gasteiger partial charge on any atom is 0.308 e. The van der Waals surface area contributed by atoms with Crippen LogP contribution in [-0.2, 0) is 9.59 Å². The highest BCUT2D eigenvalue weighted by molar-refractivity contribution is 5.99. The van der Waals surface area contributed by atoms with Crippen molar-refractivity contribution in [1.29, 1.82) is 0 Å². The van der Waals surface area contributed by atoms with Gasteiger partial charge in [0.1, 0.15) is 6.33 Å². The topological polar surface area (TPSA) is 101 Å². The van der Waals surface area contributed by atoms with E-state index in [4.69, 9.17) is 5.11 Å². The van der Waals surface area contributed by atoms with Crippen molar-refractivity contribution in [3.63, 3.8) is 0 Å². The predicted molar refractivity (Wildman–Crippen MR) is 67.2 cm³/mol. The van der Waals surface area contributed by atoms with Crippen molar-refractivity contribution in [2.24, 2.45) is 5.92 Å². The quantitative estimate of drug-likeness (QED) is 0.851. The molecule has 1 aromatic carbocycles. The number of carboxylic acids is 1. The van der Waals surface area contributed by atoms with Crippen LogP contribution in [0, 0.1) is 5.92 Å². The van der Waals surface area contributed by atoms with Crippen molar-refractivity contribution in [3.8, 4) is 5.69 Å². The molecule has 2 aromatic rings. The van der Waals surface area contributed by atoms with Crippen molar-refractivity contribution < 1.29 is 14.7 Å². The van der Waals surface area contributed by atoms with Crippen molar-refractivity contribution in [2.75, 3.05) is 11.4 Å². The van der Waals surface area contributed by atoms with Crippen LogP contribution < -0.4 is 4.90 Å². The number of carbonyl (C=O) groups excluding carboxylic acids is 1. The second-order valence-corrected chi connectivity index (χ2v) is 4.51. The van der Waals surface area contributed by atoms with Gasteiger partial charge < -0.3 is 10.0 Å². The fourth-order valence-corrected chi connectivity index (χ4v) is 2.19. The van der Waals surface area contributed by atoms with Gasteiger partial charge in [-0.2, -0.15) is 0 Å². The average molecular weight is 273 g/mol. The van der Waals surface area contributed by atoms with Crippen LogP contribution in [0.25, 0.3) is 5.69 Å². The summed E-state index contributed by atoms with van der Waals surface area (Å²) in [5.74, 6) is -1.75. The predicted octanol–water partition coefficient (Wildman–Crippen LogP) is 0.0998. The molecule has 20 heavy (non-hydrogen) atoms. The average Bonchev–Trinajstić information content (AvgIpc) is 3.08. The number of benzene rings is 1. The van der Waals surface area contributed by atoms with Crippen molar-refractivity contribution in [3.05, 3.63) is 30.6 Å². The van der Waals surface area contributed by atoms with Crippen molar-refractivity contribution in [1.82, 2.24) is 20.2 Å². The highest BCUT2D eigenvalue weighted by Gasteiger charge is 2.34. The summed E-state index contributed by atoms with van der Waals surface area (Å²) in [6.07, 6.45) is 1.51. The molecule has 8 heteroatoms. The number of carboxylic acid groups (broad SMARTS) is 1. The van der Waals surface area contributed by atoms with E-state index in [1.807, 2.05) is 0 Å². The van der Waals surface area contributed by atoms with Crippen LogP contribution in [-0.4, -0.2) is 43.7 Å². The zero-order valence-electron chi connectivity index (χ0n) is 10.4. The Hall–Kier alpha value is -2.77. The third kappa shape index (κ3) is 2.11. The fourth-order valence-electron chi connectivity index (χ4n) is 2.19. The van der Waals surface area contributed by atoms with Crippen LogP contribution in [0.1, 0.15) is 6.42 Å². The Morgan fingerprint density at radius 3 is 2.50 bits per heavy atom.